The number of aryl methyl sites for hydroxylation is 1. The number of H-pyrrole nitrogens is 1. The van der Waals surface area contributed by atoms with Crippen molar-refractivity contribution >= 4 is 11.0 Å². The summed E-state index contributed by atoms with van der Waals surface area (Å²) in [5.74, 6) is 0. The second kappa shape index (κ2) is 9.63. The lowest BCUT2D eigenvalue weighted by Crippen LogP contribution is -2.36. The van der Waals surface area contributed by atoms with Gasteiger partial charge in [0.15, 0.2) is 0 Å². The molecule has 3 heterocycles. The molecule has 0 aliphatic carbocycles. The minimum atomic E-state index is -0.379. The summed E-state index contributed by atoms with van der Waals surface area (Å²) >= 11 is 0. The van der Waals surface area contributed by atoms with Crippen LogP contribution in [0.25, 0.3) is 33.5 Å². The highest BCUT2D eigenvalue weighted by atomic mass is 16.2. The van der Waals surface area contributed by atoms with Crippen LogP contribution in [0.15, 0.2) is 88.5 Å². The largest absolute Gasteiger partial charge is 0.364 e. The van der Waals surface area contributed by atoms with E-state index in [4.69, 9.17) is 0 Å². The number of imidazole rings is 1. The van der Waals surface area contributed by atoms with Crippen LogP contribution in [0.3, 0.4) is 0 Å². The molecule has 0 spiro atoms. The van der Waals surface area contributed by atoms with Gasteiger partial charge >= 0.3 is 11.4 Å². The topological polar surface area (TPSA) is 88.8 Å². The van der Waals surface area contributed by atoms with Gasteiger partial charge in [0, 0.05) is 43.9 Å². The van der Waals surface area contributed by atoms with Crippen molar-refractivity contribution in [3.8, 4) is 22.5 Å². The van der Waals surface area contributed by atoms with Gasteiger partial charge in [0.2, 0.25) is 0 Å². The van der Waals surface area contributed by atoms with Crippen LogP contribution in [0.5, 0.6) is 0 Å². The molecule has 1 aliphatic rings. The summed E-state index contributed by atoms with van der Waals surface area (Å²) in [6.07, 6.45) is 1.87. The van der Waals surface area contributed by atoms with Crippen LogP contribution in [0.4, 0.5) is 0 Å². The van der Waals surface area contributed by atoms with Crippen molar-refractivity contribution in [1.29, 1.82) is 0 Å². The number of likely N-dealkylation sites (tertiary alicyclic amines) is 1. The zero-order chi connectivity index (χ0) is 25.4. The van der Waals surface area contributed by atoms with Crippen LogP contribution >= 0.6 is 0 Å². The number of nitrogens with zero attached hydrogens (tertiary/aromatic N) is 5. The highest BCUT2D eigenvalue weighted by molar-refractivity contribution is 5.77. The Balaban J connectivity index is 1.17. The molecule has 37 heavy (non-hydrogen) atoms. The highest BCUT2D eigenvalue weighted by Crippen LogP contribution is 2.29. The van der Waals surface area contributed by atoms with Crippen molar-refractivity contribution in [3.63, 3.8) is 0 Å². The molecule has 2 aromatic heterocycles. The molecule has 186 valence electrons. The van der Waals surface area contributed by atoms with Crippen molar-refractivity contribution in [3.05, 3.63) is 105 Å². The molecule has 6 rings (SSSR count). The first-order valence-corrected chi connectivity index (χ1v) is 12.6. The van der Waals surface area contributed by atoms with Gasteiger partial charge in [0.05, 0.1) is 11.0 Å². The number of hydrogen-bond donors (Lipinski definition) is 1. The highest BCUT2D eigenvalue weighted by Gasteiger charge is 2.23. The van der Waals surface area contributed by atoms with Crippen LogP contribution in [-0.4, -0.2) is 42.3 Å². The molecular weight excluding hydrogens is 464 g/mol. The second-order valence-corrected chi connectivity index (χ2v) is 9.60. The molecule has 3 aromatic carbocycles. The van der Waals surface area contributed by atoms with Crippen LogP contribution in [0.1, 0.15) is 24.4 Å². The Morgan fingerprint density at radius 2 is 1.51 bits per heavy atom. The number of fused-ring (bicyclic) bond motifs is 1. The van der Waals surface area contributed by atoms with E-state index in [2.05, 4.69) is 32.1 Å². The Morgan fingerprint density at radius 1 is 0.838 bits per heavy atom. The van der Waals surface area contributed by atoms with E-state index < -0.39 is 0 Å². The fourth-order valence-corrected chi connectivity index (χ4v) is 5.25. The van der Waals surface area contributed by atoms with E-state index in [1.54, 1.807) is 7.05 Å². The minimum Gasteiger partial charge on any atom is -0.306 e. The molecule has 8 heteroatoms. The van der Waals surface area contributed by atoms with Gasteiger partial charge in [-0.05, 0) is 30.5 Å². The Bertz CT molecular complexity index is 1660. The number of rotatable bonds is 5. The molecule has 0 bridgehead atoms. The van der Waals surface area contributed by atoms with E-state index in [0.29, 0.717) is 11.4 Å². The van der Waals surface area contributed by atoms with Crippen molar-refractivity contribution in [1.82, 2.24) is 29.2 Å². The van der Waals surface area contributed by atoms with E-state index in [1.807, 2.05) is 71.3 Å². The normalized spacial score (nSPS) is 14.8. The first kappa shape index (κ1) is 23.1. The maximum Gasteiger partial charge on any atom is 0.364 e. The average Bonchev–Trinajstić information content (AvgIpc) is 3.27. The smallest absolute Gasteiger partial charge is 0.306 e. The lowest BCUT2D eigenvalue weighted by atomic mass is 10.0. The molecule has 0 saturated carbocycles. The van der Waals surface area contributed by atoms with Gasteiger partial charge < -0.3 is 4.98 Å². The van der Waals surface area contributed by atoms with Crippen LogP contribution in [-0.2, 0) is 13.6 Å². The van der Waals surface area contributed by atoms with Crippen molar-refractivity contribution in [2.24, 2.45) is 7.05 Å². The summed E-state index contributed by atoms with van der Waals surface area (Å²) in [6, 6.07) is 26.1. The molecule has 0 radical (unpaired) electrons. The van der Waals surface area contributed by atoms with Gasteiger partial charge in [-0.3, -0.25) is 9.47 Å². The van der Waals surface area contributed by atoms with E-state index in [9.17, 15) is 9.59 Å². The van der Waals surface area contributed by atoms with Crippen molar-refractivity contribution in [2.45, 2.75) is 25.4 Å². The lowest BCUT2D eigenvalue weighted by Gasteiger charge is -2.32. The third-order valence-corrected chi connectivity index (χ3v) is 7.19. The molecule has 1 aliphatic heterocycles. The van der Waals surface area contributed by atoms with Gasteiger partial charge in [0.1, 0.15) is 11.4 Å². The predicted molar refractivity (Wildman–Crippen MR) is 144 cm³/mol. The molecule has 5 aromatic rings. The number of nitrogens with one attached hydrogen (secondary N) is 1. The monoisotopic (exact) mass is 492 g/mol. The van der Waals surface area contributed by atoms with E-state index in [-0.39, 0.29) is 17.4 Å². The number of aromatic nitrogens is 5. The Morgan fingerprint density at radius 3 is 2.27 bits per heavy atom. The molecular formula is C29H28N6O2. The molecule has 1 N–H and O–H groups in total. The number of hydrogen-bond acceptors (Lipinski definition) is 5. The second-order valence-electron chi connectivity index (χ2n) is 9.60. The minimum absolute atomic E-state index is 0.0241. The Kier molecular flexibility index (Phi) is 6.02. The summed E-state index contributed by atoms with van der Waals surface area (Å²) in [5, 5.41) is 4.50. The summed E-state index contributed by atoms with van der Waals surface area (Å²) in [7, 11) is 1.62. The van der Waals surface area contributed by atoms with Crippen LogP contribution in [0.2, 0.25) is 0 Å². The van der Waals surface area contributed by atoms with E-state index >= 15 is 0 Å². The standard InChI is InChI=1S/C29H28N6O2/c1-33-28(36)31-26(27(32-33)21-7-3-2-4-8-21)22-13-11-20(12-14-22)19-34-17-15-23(16-18-34)35-25-10-6-5-9-24(25)30-29(35)37/h2-14,23H,15-19H2,1H3,(H,30,37). The van der Waals surface area contributed by atoms with Gasteiger partial charge in [-0.1, -0.05) is 66.7 Å². The molecule has 1 saturated heterocycles. The fraction of sp³-hybridized carbons (Fsp3) is 0.241. The Labute approximate surface area is 213 Å². The lowest BCUT2D eigenvalue weighted by molar-refractivity contribution is 0.180. The first-order chi connectivity index (χ1) is 18.1. The predicted octanol–water partition coefficient (Wildman–Crippen LogP) is 3.99. The van der Waals surface area contributed by atoms with Crippen molar-refractivity contribution in [2.75, 3.05) is 13.1 Å². The Hall–Kier alpha value is -4.30. The molecule has 1 fully saturated rings. The summed E-state index contributed by atoms with van der Waals surface area (Å²) in [5.41, 5.74) is 5.73. The average molecular weight is 493 g/mol. The fourth-order valence-electron chi connectivity index (χ4n) is 5.25. The number of benzene rings is 3. The molecule has 8 nitrogen and oxygen atoms in total. The first-order valence-electron chi connectivity index (χ1n) is 12.6. The third-order valence-electron chi connectivity index (χ3n) is 7.19. The maximum absolute atomic E-state index is 12.6. The van der Waals surface area contributed by atoms with Crippen LogP contribution < -0.4 is 11.4 Å². The molecule has 0 unspecified atom stereocenters. The summed E-state index contributed by atoms with van der Waals surface area (Å²) in [4.78, 5) is 34.6. The van der Waals surface area contributed by atoms with Gasteiger partial charge in [-0.15, -0.1) is 0 Å². The van der Waals surface area contributed by atoms with Gasteiger partial charge in [-0.25, -0.2) is 14.3 Å². The van der Waals surface area contributed by atoms with Gasteiger partial charge in [0.25, 0.3) is 0 Å². The number of para-hydroxylation sites is 2. The zero-order valence-corrected chi connectivity index (χ0v) is 20.7. The van der Waals surface area contributed by atoms with E-state index in [1.165, 1.54) is 10.2 Å². The summed E-state index contributed by atoms with van der Waals surface area (Å²) < 4.78 is 3.20. The number of piperidine rings is 1. The van der Waals surface area contributed by atoms with Crippen molar-refractivity contribution < 1.29 is 0 Å². The van der Waals surface area contributed by atoms with Gasteiger partial charge in [-0.2, -0.15) is 10.1 Å². The van der Waals surface area contributed by atoms with Crippen LogP contribution in [0, 0.1) is 0 Å². The summed E-state index contributed by atoms with van der Waals surface area (Å²) in [6.45, 7) is 2.69. The maximum atomic E-state index is 12.6. The zero-order valence-electron chi connectivity index (χ0n) is 20.7. The quantitative estimate of drug-likeness (QED) is 0.401. The number of aromatic amines is 1. The third kappa shape index (κ3) is 4.51. The molecule has 0 atom stereocenters. The van der Waals surface area contributed by atoms with E-state index in [0.717, 1.165) is 54.6 Å². The molecule has 0 amide bonds. The SMILES string of the molecule is Cn1nc(-c2ccccc2)c(-c2ccc(CN3CCC(n4c(=O)[nH]c5ccccc54)CC3)cc2)nc1=O.